The van der Waals surface area contributed by atoms with Crippen molar-refractivity contribution in [2.45, 2.75) is 19.8 Å². The van der Waals surface area contributed by atoms with E-state index in [0.29, 0.717) is 50.6 Å². The molecular formula is C24H33N3O5S. The molecule has 1 amide bonds. The summed E-state index contributed by atoms with van der Waals surface area (Å²) in [6, 6.07) is 13.6. The lowest BCUT2D eigenvalue weighted by molar-refractivity contribution is -0.120. The van der Waals surface area contributed by atoms with E-state index in [2.05, 4.69) is 35.3 Å². The first-order valence-corrected chi connectivity index (χ1v) is 12.7. The Bertz CT molecular complexity index is 1050. The van der Waals surface area contributed by atoms with Crippen molar-refractivity contribution >= 4 is 21.6 Å². The van der Waals surface area contributed by atoms with Gasteiger partial charge in [0.1, 0.15) is 0 Å². The van der Waals surface area contributed by atoms with Crippen LogP contribution in [0.5, 0.6) is 11.5 Å². The number of methoxy groups -OCH3 is 2. The van der Waals surface area contributed by atoms with Gasteiger partial charge in [-0.3, -0.25) is 4.79 Å². The molecule has 2 aromatic rings. The standard InChI is InChI=1S/C24H33N3O5S/c1-19-6-4-7-21(16-19)26-11-13-27(14-12-26)33(29,30)15-5-10-25-24(28)18-20-8-9-22(31-2)23(17-20)32-3/h4,6-9,16-17H,5,10-15,18H2,1-3H3,(H,25,28). The van der Waals surface area contributed by atoms with Crippen molar-refractivity contribution in [1.82, 2.24) is 9.62 Å². The van der Waals surface area contributed by atoms with Gasteiger partial charge in [-0.25, -0.2) is 8.42 Å². The van der Waals surface area contributed by atoms with Crippen molar-refractivity contribution in [2.75, 3.05) is 57.6 Å². The van der Waals surface area contributed by atoms with Crippen molar-refractivity contribution in [1.29, 1.82) is 0 Å². The maximum absolute atomic E-state index is 12.7. The van der Waals surface area contributed by atoms with Crippen LogP contribution in [0.3, 0.4) is 0 Å². The van der Waals surface area contributed by atoms with E-state index in [-0.39, 0.29) is 18.1 Å². The van der Waals surface area contributed by atoms with Gasteiger partial charge in [0.2, 0.25) is 15.9 Å². The molecule has 0 bridgehead atoms. The second-order valence-corrected chi connectivity index (χ2v) is 10.2. The summed E-state index contributed by atoms with van der Waals surface area (Å²) < 4.78 is 37.5. The molecule has 8 nitrogen and oxygen atoms in total. The maximum atomic E-state index is 12.7. The van der Waals surface area contributed by atoms with E-state index in [4.69, 9.17) is 9.47 Å². The van der Waals surface area contributed by atoms with Crippen LogP contribution in [0.15, 0.2) is 42.5 Å². The summed E-state index contributed by atoms with van der Waals surface area (Å²) >= 11 is 0. The highest BCUT2D eigenvalue weighted by molar-refractivity contribution is 7.89. The van der Waals surface area contributed by atoms with Gasteiger partial charge in [0.15, 0.2) is 11.5 Å². The second kappa shape index (κ2) is 11.4. The topological polar surface area (TPSA) is 88.2 Å². The number of nitrogens with zero attached hydrogens (tertiary/aromatic N) is 2. The predicted octanol–water partition coefficient (Wildman–Crippen LogP) is 2.21. The first kappa shape index (κ1) is 24.9. The highest BCUT2D eigenvalue weighted by Gasteiger charge is 2.26. The van der Waals surface area contributed by atoms with Crippen LogP contribution < -0.4 is 19.7 Å². The number of nitrogens with one attached hydrogen (secondary N) is 1. The molecule has 1 N–H and O–H groups in total. The molecular weight excluding hydrogens is 442 g/mol. The minimum Gasteiger partial charge on any atom is -0.493 e. The van der Waals surface area contributed by atoms with Crippen LogP contribution in [0.2, 0.25) is 0 Å². The van der Waals surface area contributed by atoms with Crippen LogP contribution in [-0.2, 0) is 21.2 Å². The molecule has 0 aliphatic carbocycles. The molecule has 0 saturated carbocycles. The molecule has 33 heavy (non-hydrogen) atoms. The number of carbonyl (C=O) groups excluding carboxylic acids is 1. The normalized spacial score (nSPS) is 14.7. The third-order valence-electron chi connectivity index (χ3n) is 5.71. The number of ether oxygens (including phenoxy) is 2. The monoisotopic (exact) mass is 475 g/mol. The summed E-state index contributed by atoms with van der Waals surface area (Å²) in [5.41, 5.74) is 3.12. The quantitative estimate of drug-likeness (QED) is 0.530. The molecule has 0 radical (unpaired) electrons. The summed E-state index contributed by atoms with van der Waals surface area (Å²) in [7, 11) is -0.242. The van der Waals surface area contributed by atoms with Crippen molar-refractivity contribution in [3.8, 4) is 11.5 Å². The van der Waals surface area contributed by atoms with Gasteiger partial charge in [0, 0.05) is 38.4 Å². The Morgan fingerprint density at radius 3 is 2.39 bits per heavy atom. The van der Waals surface area contributed by atoms with Crippen molar-refractivity contribution in [3.63, 3.8) is 0 Å². The largest absolute Gasteiger partial charge is 0.493 e. The number of sulfonamides is 1. The number of carbonyl (C=O) groups is 1. The Morgan fingerprint density at radius 1 is 1.00 bits per heavy atom. The Hall–Kier alpha value is -2.78. The fourth-order valence-corrected chi connectivity index (χ4v) is 5.39. The van der Waals surface area contributed by atoms with Crippen LogP contribution in [0, 0.1) is 6.92 Å². The first-order valence-electron chi connectivity index (χ1n) is 11.1. The molecule has 0 spiro atoms. The number of benzene rings is 2. The molecule has 3 rings (SSSR count). The number of amides is 1. The van der Waals surface area contributed by atoms with Gasteiger partial charge in [-0.05, 0) is 48.7 Å². The summed E-state index contributed by atoms with van der Waals surface area (Å²) in [5, 5.41) is 2.80. The molecule has 1 fully saturated rings. The van der Waals surface area contributed by atoms with Crippen LogP contribution in [-0.4, -0.2) is 71.3 Å². The van der Waals surface area contributed by atoms with E-state index in [1.54, 1.807) is 30.7 Å². The average molecular weight is 476 g/mol. The summed E-state index contributed by atoms with van der Waals surface area (Å²) in [6.45, 7) is 4.66. The van der Waals surface area contributed by atoms with Crippen LogP contribution in [0.4, 0.5) is 5.69 Å². The number of anilines is 1. The van der Waals surface area contributed by atoms with Gasteiger partial charge in [-0.2, -0.15) is 4.31 Å². The number of aryl methyl sites for hydroxylation is 1. The molecule has 2 aromatic carbocycles. The van der Waals surface area contributed by atoms with Gasteiger partial charge in [-0.15, -0.1) is 0 Å². The van der Waals surface area contributed by atoms with Crippen LogP contribution in [0.25, 0.3) is 0 Å². The van der Waals surface area contributed by atoms with Crippen molar-refractivity contribution < 1.29 is 22.7 Å². The Morgan fingerprint density at radius 2 is 1.73 bits per heavy atom. The lowest BCUT2D eigenvalue weighted by Crippen LogP contribution is -2.49. The molecule has 9 heteroatoms. The van der Waals surface area contributed by atoms with Gasteiger partial charge < -0.3 is 19.7 Å². The fraction of sp³-hybridized carbons (Fsp3) is 0.458. The van der Waals surface area contributed by atoms with Crippen molar-refractivity contribution in [2.24, 2.45) is 0 Å². The molecule has 0 aromatic heterocycles. The lowest BCUT2D eigenvalue weighted by atomic mass is 10.1. The third kappa shape index (κ3) is 6.85. The minimum atomic E-state index is -3.35. The fourth-order valence-electron chi connectivity index (χ4n) is 3.90. The minimum absolute atomic E-state index is 0.0219. The second-order valence-electron chi connectivity index (χ2n) is 8.11. The van der Waals surface area contributed by atoms with E-state index in [1.807, 2.05) is 12.1 Å². The lowest BCUT2D eigenvalue weighted by Gasteiger charge is -2.35. The Kier molecular flexibility index (Phi) is 8.57. The molecule has 1 saturated heterocycles. The number of piperazine rings is 1. The smallest absolute Gasteiger partial charge is 0.224 e. The van der Waals surface area contributed by atoms with Gasteiger partial charge in [-0.1, -0.05) is 18.2 Å². The van der Waals surface area contributed by atoms with Gasteiger partial charge in [0.05, 0.1) is 26.4 Å². The van der Waals surface area contributed by atoms with Crippen LogP contribution in [0.1, 0.15) is 17.5 Å². The molecule has 0 unspecified atom stereocenters. The summed E-state index contributed by atoms with van der Waals surface area (Å²) in [6.07, 6.45) is 0.562. The summed E-state index contributed by atoms with van der Waals surface area (Å²) in [5.74, 6) is 1.03. The van der Waals surface area contributed by atoms with Crippen molar-refractivity contribution in [3.05, 3.63) is 53.6 Å². The molecule has 1 aliphatic rings. The molecule has 1 aliphatic heterocycles. The number of hydrogen-bond acceptors (Lipinski definition) is 6. The molecule has 0 atom stereocenters. The van der Waals surface area contributed by atoms with E-state index in [0.717, 1.165) is 11.3 Å². The van der Waals surface area contributed by atoms with E-state index in [1.165, 1.54) is 5.56 Å². The molecule has 1 heterocycles. The SMILES string of the molecule is COc1ccc(CC(=O)NCCCS(=O)(=O)N2CCN(c3cccc(C)c3)CC2)cc1OC. The zero-order valence-electron chi connectivity index (χ0n) is 19.5. The first-order chi connectivity index (χ1) is 15.8. The third-order valence-corrected chi connectivity index (χ3v) is 7.67. The Balaban J connectivity index is 1.40. The number of rotatable bonds is 10. The zero-order chi connectivity index (χ0) is 23.8. The van der Waals surface area contributed by atoms with Gasteiger partial charge >= 0.3 is 0 Å². The highest BCUT2D eigenvalue weighted by Crippen LogP contribution is 2.27. The van der Waals surface area contributed by atoms with E-state index in [9.17, 15) is 13.2 Å². The number of hydrogen-bond donors (Lipinski definition) is 1. The van der Waals surface area contributed by atoms with E-state index < -0.39 is 10.0 Å². The highest BCUT2D eigenvalue weighted by atomic mass is 32.2. The van der Waals surface area contributed by atoms with Crippen LogP contribution >= 0.6 is 0 Å². The summed E-state index contributed by atoms with van der Waals surface area (Å²) in [4.78, 5) is 14.5. The maximum Gasteiger partial charge on any atom is 0.224 e. The zero-order valence-corrected chi connectivity index (χ0v) is 20.4. The molecule has 180 valence electrons. The predicted molar refractivity (Wildman–Crippen MR) is 130 cm³/mol. The Labute approximate surface area is 196 Å². The average Bonchev–Trinajstić information content (AvgIpc) is 2.82. The van der Waals surface area contributed by atoms with Gasteiger partial charge in [0.25, 0.3) is 0 Å². The van der Waals surface area contributed by atoms with E-state index >= 15 is 0 Å².